The Morgan fingerprint density at radius 2 is 2.00 bits per heavy atom. The van der Waals surface area contributed by atoms with Crippen molar-refractivity contribution < 1.29 is 18.9 Å². The molecule has 4 heteroatoms. The van der Waals surface area contributed by atoms with Crippen LogP contribution in [0.15, 0.2) is 30.3 Å². The topological polar surface area (TPSA) is 36.9 Å². The normalized spacial score (nSPS) is 33.6. The quantitative estimate of drug-likeness (QED) is 0.823. The highest BCUT2D eigenvalue weighted by atomic mass is 16.8. The molecule has 0 bridgehead atoms. The fourth-order valence-electron chi connectivity index (χ4n) is 2.40. The molecule has 1 aromatic rings. The summed E-state index contributed by atoms with van der Waals surface area (Å²) in [5.41, 5.74) is 1.13. The van der Waals surface area contributed by atoms with Crippen LogP contribution in [-0.2, 0) is 25.6 Å². The van der Waals surface area contributed by atoms with E-state index < -0.39 is 5.79 Å². The van der Waals surface area contributed by atoms with Gasteiger partial charge in [0.05, 0.1) is 13.2 Å². The molecule has 0 aromatic heterocycles. The van der Waals surface area contributed by atoms with Crippen molar-refractivity contribution in [2.24, 2.45) is 0 Å². The van der Waals surface area contributed by atoms with Crippen molar-refractivity contribution in [3.05, 3.63) is 35.9 Å². The van der Waals surface area contributed by atoms with Gasteiger partial charge in [-0.25, -0.2) is 0 Å². The highest BCUT2D eigenvalue weighted by molar-refractivity contribution is 5.13. The number of rotatable bonds is 3. The lowest BCUT2D eigenvalue weighted by Crippen LogP contribution is -2.31. The summed E-state index contributed by atoms with van der Waals surface area (Å²) in [5.74, 6) is -0.534. The van der Waals surface area contributed by atoms with Crippen LogP contribution < -0.4 is 0 Å². The smallest absolute Gasteiger partial charge is 0.186 e. The van der Waals surface area contributed by atoms with Crippen LogP contribution in [0.3, 0.4) is 0 Å². The summed E-state index contributed by atoms with van der Waals surface area (Å²) >= 11 is 0. The monoisotopic (exact) mass is 250 g/mol. The average molecular weight is 250 g/mol. The van der Waals surface area contributed by atoms with Crippen LogP contribution in [0.25, 0.3) is 0 Å². The molecule has 2 saturated heterocycles. The van der Waals surface area contributed by atoms with E-state index in [-0.39, 0.29) is 18.5 Å². The molecule has 0 spiro atoms. The highest BCUT2D eigenvalue weighted by Crippen LogP contribution is 2.35. The lowest BCUT2D eigenvalue weighted by atomic mass is 10.2. The SMILES string of the molecule is CC1(C)O[C@H]2[C@@H](OCc3ccccc3)OC[C@H]2O1. The second-order valence-corrected chi connectivity index (χ2v) is 5.14. The van der Waals surface area contributed by atoms with Gasteiger partial charge in [-0.05, 0) is 19.4 Å². The van der Waals surface area contributed by atoms with Gasteiger partial charge in [0, 0.05) is 0 Å². The van der Waals surface area contributed by atoms with Crippen molar-refractivity contribution in [1.82, 2.24) is 0 Å². The number of ether oxygens (including phenoxy) is 4. The van der Waals surface area contributed by atoms with Gasteiger partial charge in [0.2, 0.25) is 0 Å². The van der Waals surface area contributed by atoms with Gasteiger partial charge in [0.1, 0.15) is 12.2 Å². The van der Waals surface area contributed by atoms with E-state index in [0.717, 1.165) is 5.56 Å². The summed E-state index contributed by atoms with van der Waals surface area (Å²) in [6, 6.07) is 10.0. The summed E-state index contributed by atoms with van der Waals surface area (Å²) in [7, 11) is 0. The van der Waals surface area contributed by atoms with Crippen LogP contribution in [0.1, 0.15) is 19.4 Å². The third-order valence-corrected chi connectivity index (χ3v) is 3.17. The molecule has 98 valence electrons. The zero-order chi connectivity index (χ0) is 12.6. The van der Waals surface area contributed by atoms with Crippen LogP contribution in [0, 0.1) is 0 Å². The average Bonchev–Trinajstić information content (AvgIpc) is 2.83. The molecule has 2 heterocycles. The fraction of sp³-hybridized carbons (Fsp3) is 0.571. The maximum atomic E-state index is 5.80. The minimum absolute atomic E-state index is 0.0132. The van der Waals surface area contributed by atoms with Crippen LogP contribution in [-0.4, -0.2) is 30.9 Å². The van der Waals surface area contributed by atoms with Crippen molar-refractivity contribution in [3.8, 4) is 0 Å². The molecule has 18 heavy (non-hydrogen) atoms. The molecule has 0 aliphatic carbocycles. The van der Waals surface area contributed by atoms with Crippen molar-refractivity contribution >= 4 is 0 Å². The second kappa shape index (κ2) is 4.63. The second-order valence-electron chi connectivity index (χ2n) is 5.14. The molecular formula is C14H18O4. The van der Waals surface area contributed by atoms with Gasteiger partial charge in [-0.15, -0.1) is 0 Å². The molecule has 2 aliphatic rings. The predicted octanol–water partition coefficient (Wildman–Crippen LogP) is 2.08. The molecule has 3 rings (SSSR count). The molecule has 2 aliphatic heterocycles. The molecular weight excluding hydrogens is 232 g/mol. The van der Waals surface area contributed by atoms with E-state index in [2.05, 4.69) is 0 Å². The van der Waals surface area contributed by atoms with Crippen molar-refractivity contribution in [2.45, 2.75) is 44.7 Å². The van der Waals surface area contributed by atoms with Gasteiger partial charge in [0.15, 0.2) is 12.1 Å². The Kier molecular flexibility index (Phi) is 3.11. The van der Waals surface area contributed by atoms with Gasteiger partial charge >= 0.3 is 0 Å². The minimum atomic E-state index is -0.534. The van der Waals surface area contributed by atoms with E-state index >= 15 is 0 Å². The van der Waals surface area contributed by atoms with E-state index in [9.17, 15) is 0 Å². The third kappa shape index (κ3) is 2.42. The Morgan fingerprint density at radius 1 is 1.22 bits per heavy atom. The molecule has 4 nitrogen and oxygen atoms in total. The van der Waals surface area contributed by atoms with Crippen molar-refractivity contribution in [3.63, 3.8) is 0 Å². The minimum Gasteiger partial charge on any atom is -0.347 e. The Hall–Kier alpha value is -0.940. The van der Waals surface area contributed by atoms with Crippen LogP contribution >= 0.6 is 0 Å². The molecule has 0 radical (unpaired) electrons. The molecule has 0 saturated carbocycles. The van der Waals surface area contributed by atoms with Crippen molar-refractivity contribution in [1.29, 1.82) is 0 Å². The Bertz CT molecular complexity index is 404. The molecule has 1 aromatic carbocycles. The predicted molar refractivity (Wildman–Crippen MR) is 64.8 cm³/mol. The number of hydrogen-bond acceptors (Lipinski definition) is 4. The summed E-state index contributed by atoms with van der Waals surface area (Å²) in [6.45, 7) is 4.89. The molecule has 2 fully saturated rings. The van der Waals surface area contributed by atoms with E-state index in [1.807, 2.05) is 44.2 Å². The highest BCUT2D eigenvalue weighted by Gasteiger charge is 2.50. The maximum Gasteiger partial charge on any atom is 0.186 e. The van der Waals surface area contributed by atoms with Crippen LogP contribution in [0.5, 0.6) is 0 Å². The van der Waals surface area contributed by atoms with Crippen molar-refractivity contribution in [2.75, 3.05) is 6.61 Å². The number of benzene rings is 1. The Morgan fingerprint density at radius 3 is 2.78 bits per heavy atom. The van der Waals surface area contributed by atoms with E-state index in [4.69, 9.17) is 18.9 Å². The third-order valence-electron chi connectivity index (χ3n) is 3.17. The summed E-state index contributed by atoms with van der Waals surface area (Å²) in [5, 5.41) is 0. The van der Waals surface area contributed by atoms with Gasteiger partial charge in [0.25, 0.3) is 0 Å². The van der Waals surface area contributed by atoms with E-state index in [0.29, 0.717) is 13.2 Å². The molecule has 0 unspecified atom stereocenters. The van der Waals surface area contributed by atoms with Gasteiger partial charge in [-0.3, -0.25) is 0 Å². The Labute approximate surface area is 107 Å². The first kappa shape index (κ1) is 12.1. The number of hydrogen-bond donors (Lipinski definition) is 0. The zero-order valence-electron chi connectivity index (χ0n) is 10.7. The van der Waals surface area contributed by atoms with Gasteiger partial charge in [-0.2, -0.15) is 0 Å². The largest absolute Gasteiger partial charge is 0.347 e. The first-order chi connectivity index (χ1) is 8.64. The van der Waals surface area contributed by atoms with Crippen LogP contribution in [0.2, 0.25) is 0 Å². The first-order valence-electron chi connectivity index (χ1n) is 6.27. The van der Waals surface area contributed by atoms with E-state index in [1.165, 1.54) is 0 Å². The van der Waals surface area contributed by atoms with E-state index in [1.54, 1.807) is 0 Å². The Balaban J connectivity index is 1.58. The summed E-state index contributed by atoms with van der Waals surface area (Å²) in [4.78, 5) is 0. The first-order valence-corrected chi connectivity index (χ1v) is 6.27. The standard InChI is InChI=1S/C14H18O4/c1-14(2)17-11-9-16-13(12(11)18-14)15-8-10-6-4-3-5-7-10/h3-7,11-13H,8-9H2,1-2H3/t11-,12-,13+/m1/s1. The van der Waals surface area contributed by atoms with Gasteiger partial charge < -0.3 is 18.9 Å². The lowest BCUT2D eigenvalue weighted by Gasteiger charge is -2.21. The summed E-state index contributed by atoms with van der Waals surface area (Å²) < 4.78 is 22.9. The molecule has 0 amide bonds. The number of fused-ring (bicyclic) bond motifs is 1. The summed E-state index contributed by atoms with van der Waals surface area (Å²) in [6.07, 6.45) is -0.471. The van der Waals surface area contributed by atoms with Gasteiger partial charge in [-0.1, -0.05) is 30.3 Å². The van der Waals surface area contributed by atoms with Crippen LogP contribution in [0.4, 0.5) is 0 Å². The molecule has 0 N–H and O–H groups in total. The molecule has 3 atom stereocenters. The zero-order valence-corrected chi connectivity index (χ0v) is 10.7. The fourth-order valence-corrected chi connectivity index (χ4v) is 2.40. The maximum absolute atomic E-state index is 5.80. The lowest BCUT2D eigenvalue weighted by molar-refractivity contribution is -0.222.